The second-order valence-corrected chi connectivity index (χ2v) is 5.77. The van der Waals surface area contributed by atoms with E-state index in [0.717, 1.165) is 31.0 Å². The van der Waals surface area contributed by atoms with Crippen LogP contribution in [0.5, 0.6) is 0 Å². The maximum absolute atomic E-state index is 6.38. The zero-order valence-electron chi connectivity index (χ0n) is 13.0. The molecule has 0 radical (unpaired) electrons. The molecule has 21 heavy (non-hydrogen) atoms. The van der Waals surface area contributed by atoms with Crippen LogP contribution in [0, 0.1) is 0 Å². The molecule has 1 N–H and O–H groups in total. The Hall–Kier alpha value is -1.37. The smallest absolute Gasteiger partial charge is 0.0952 e. The quantitative estimate of drug-likeness (QED) is 0.842. The van der Waals surface area contributed by atoms with Gasteiger partial charge in [-0.05, 0) is 20.6 Å². The lowest BCUT2D eigenvalue weighted by Crippen LogP contribution is -2.27. The van der Waals surface area contributed by atoms with Gasteiger partial charge in [0.1, 0.15) is 0 Å². The highest BCUT2D eigenvalue weighted by Gasteiger charge is 2.23. The SMILES string of the molecule is CCNC(c1cn(C)cn1)c1c(Cl)cnn1CCN(C)C. The van der Waals surface area contributed by atoms with Gasteiger partial charge >= 0.3 is 0 Å². The highest BCUT2D eigenvalue weighted by molar-refractivity contribution is 6.31. The van der Waals surface area contributed by atoms with E-state index in [1.54, 1.807) is 12.5 Å². The summed E-state index contributed by atoms with van der Waals surface area (Å²) in [5.74, 6) is 0. The van der Waals surface area contributed by atoms with E-state index in [1.165, 1.54) is 0 Å². The van der Waals surface area contributed by atoms with E-state index < -0.39 is 0 Å². The van der Waals surface area contributed by atoms with Gasteiger partial charge in [-0.2, -0.15) is 5.10 Å². The van der Waals surface area contributed by atoms with E-state index in [4.69, 9.17) is 11.6 Å². The maximum Gasteiger partial charge on any atom is 0.0952 e. The number of nitrogens with zero attached hydrogens (tertiary/aromatic N) is 5. The van der Waals surface area contributed by atoms with Crippen molar-refractivity contribution in [2.75, 3.05) is 27.2 Å². The fraction of sp³-hybridized carbons (Fsp3) is 0.571. The second-order valence-electron chi connectivity index (χ2n) is 5.36. The Morgan fingerprint density at radius 2 is 2.19 bits per heavy atom. The Morgan fingerprint density at radius 3 is 2.76 bits per heavy atom. The Morgan fingerprint density at radius 1 is 1.43 bits per heavy atom. The first kappa shape index (κ1) is 16.0. The predicted octanol–water partition coefficient (Wildman–Crippen LogP) is 1.53. The molecule has 0 amide bonds. The first-order valence-corrected chi connectivity index (χ1v) is 7.48. The van der Waals surface area contributed by atoms with Gasteiger partial charge in [0.2, 0.25) is 0 Å². The van der Waals surface area contributed by atoms with Crippen molar-refractivity contribution < 1.29 is 0 Å². The zero-order chi connectivity index (χ0) is 15.4. The fourth-order valence-electron chi connectivity index (χ4n) is 2.26. The van der Waals surface area contributed by atoms with Crippen LogP contribution in [0.2, 0.25) is 5.02 Å². The van der Waals surface area contributed by atoms with Crippen molar-refractivity contribution in [3.05, 3.63) is 35.1 Å². The van der Waals surface area contributed by atoms with Gasteiger partial charge in [-0.1, -0.05) is 18.5 Å². The van der Waals surface area contributed by atoms with Crippen LogP contribution in [-0.2, 0) is 13.6 Å². The summed E-state index contributed by atoms with van der Waals surface area (Å²) >= 11 is 6.38. The van der Waals surface area contributed by atoms with Crippen molar-refractivity contribution in [2.24, 2.45) is 7.05 Å². The molecular weight excluding hydrogens is 288 g/mol. The monoisotopic (exact) mass is 310 g/mol. The molecule has 0 saturated heterocycles. The number of nitrogens with one attached hydrogen (secondary N) is 1. The van der Waals surface area contributed by atoms with E-state index in [9.17, 15) is 0 Å². The number of halogens is 1. The Balaban J connectivity index is 2.33. The number of hydrogen-bond donors (Lipinski definition) is 1. The van der Waals surface area contributed by atoms with Crippen molar-refractivity contribution in [1.82, 2.24) is 29.5 Å². The summed E-state index contributed by atoms with van der Waals surface area (Å²) in [5.41, 5.74) is 1.92. The van der Waals surface area contributed by atoms with Gasteiger partial charge in [0.05, 0.1) is 41.5 Å². The van der Waals surface area contributed by atoms with Crippen LogP contribution in [0.3, 0.4) is 0 Å². The van der Waals surface area contributed by atoms with Crippen LogP contribution >= 0.6 is 11.6 Å². The molecule has 0 spiro atoms. The van der Waals surface area contributed by atoms with Gasteiger partial charge in [-0.25, -0.2) is 4.98 Å². The van der Waals surface area contributed by atoms with Crippen molar-refractivity contribution in [2.45, 2.75) is 19.5 Å². The van der Waals surface area contributed by atoms with Gasteiger partial charge in [0.15, 0.2) is 0 Å². The van der Waals surface area contributed by atoms with Crippen LogP contribution in [0.4, 0.5) is 0 Å². The molecule has 0 aromatic carbocycles. The van der Waals surface area contributed by atoms with E-state index in [0.29, 0.717) is 5.02 Å². The zero-order valence-corrected chi connectivity index (χ0v) is 13.8. The van der Waals surface area contributed by atoms with Crippen LogP contribution in [0.25, 0.3) is 0 Å². The summed E-state index contributed by atoms with van der Waals surface area (Å²) in [6.45, 7) is 4.61. The van der Waals surface area contributed by atoms with Crippen molar-refractivity contribution in [3.63, 3.8) is 0 Å². The second kappa shape index (κ2) is 7.06. The first-order chi connectivity index (χ1) is 10.0. The highest BCUT2D eigenvalue weighted by Crippen LogP contribution is 2.27. The van der Waals surface area contributed by atoms with Gasteiger partial charge < -0.3 is 14.8 Å². The molecule has 2 aromatic rings. The van der Waals surface area contributed by atoms with Gasteiger partial charge in [-0.3, -0.25) is 4.68 Å². The molecule has 7 heteroatoms. The molecule has 2 rings (SSSR count). The number of aryl methyl sites for hydroxylation is 1. The van der Waals surface area contributed by atoms with Gasteiger partial charge in [0, 0.05) is 19.8 Å². The number of rotatable bonds is 7. The van der Waals surface area contributed by atoms with Gasteiger partial charge in [0.25, 0.3) is 0 Å². The summed E-state index contributed by atoms with van der Waals surface area (Å²) in [7, 11) is 6.06. The topological polar surface area (TPSA) is 50.9 Å². The molecule has 1 atom stereocenters. The van der Waals surface area contributed by atoms with E-state index in [-0.39, 0.29) is 6.04 Å². The molecule has 0 saturated carbocycles. The van der Waals surface area contributed by atoms with Crippen molar-refractivity contribution >= 4 is 11.6 Å². The fourth-order valence-corrected chi connectivity index (χ4v) is 2.51. The van der Waals surface area contributed by atoms with Crippen LogP contribution in [0.1, 0.15) is 24.4 Å². The molecule has 0 aliphatic heterocycles. The standard InChI is InChI=1S/C14H23ClN6/c1-5-16-13(12-9-20(4)10-17-12)14-11(15)8-18-21(14)7-6-19(2)3/h8-10,13,16H,5-7H2,1-4H3. The Labute approximate surface area is 130 Å². The summed E-state index contributed by atoms with van der Waals surface area (Å²) in [6.07, 6.45) is 5.51. The first-order valence-electron chi connectivity index (χ1n) is 7.10. The minimum atomic E-state index is -0.0478. The minimum Gasteiger partial charge on any atom is -0.340 e. The molecule has 6 nitrogen and oxygen atoms in total. The largest absolute Gasteiger partial charge is 0.340 e. The molecule has 0 aliphatic carbocycles. The van der Waals surface area contributed by atoms with Crippen molar-refractivity contribution in [1.29, 1.82) is 0 Å². The van der Waals surface area contributed by atoms with Crippen LogP contribution in [0.15, 0.2) is 18.7 Å². The normalized spacial score (nSPS) is 13.0. The summed E-state index contributed by atoms with van der Waals surface area (Å²) in [5, 5.41) is 8.53. The lowest BCUT2D eigenvalue weighted by molar-refractivity contribution is 0.365. The molecule has 0 aliphatic rings. The molecular formula is C14H23ClN6. The third-order valence-electron chi connectivity index (χ3n) is 3.29. The summed E-state index contributed by atoms with van der Waals surface area (Å²) < 4.78 is 3.90. The van der Waals surface area contributed by atoms with E-state index in [2.05, 4.69) is 27.2 Å². The maximum atomic E-state index is 6.38. The third kappa shape index (κ3) is 3.84. The lowest BCUT2D eigenvalue weighted by Gasteiger charge is -2.19. The number of hydrogen-bond acceptors (Lipinski definition) is 4. The molecule has 1 unspecified atom stereocenters. The van der Waals surface area contributed by atoms with Crippen LogP contribution in [-0.4, -0.2) is 51.4 Å². The average molecular weight is 311 g/mol. The molecule has 0 bridgehead atoms. The molecule has 0 fully saturated rings. The number of imidazole rings is 1. The third-order valence-corrected chi connectivity index (χ3v) is 3.59. The molecule has 116 valence electrons. The Bertz CT molecular complexity index is 574. The van der Waals surface area contributed by atoms with E-state index >= 15 is 0 Å². The number of likely N-dealkylation sites (N-methyl/N-ethyl adjacent to an activating group) is 1. The van der Waals surface area contributed by atoms with Crippen LogP contribution < -0.4 is 5.32 Å². The molecule has 2 aromatic heterocycles. The minimum absolute atomic E-state index is 0.0478. The molecule has 2 heterocycles. The van der Waals surface area contributed by atoms with Gasteiger partial charge in [-0.15, -0.1) is 0 Å². The van der Waals surface area contributed by atoms with E-state index in [1.807, 2.05) is 36.6 Å². The Kier molecular flexibility index (Phi) is 5.39. The lowest BCUT2D eigenvalue weighted by atomic mass is 10.1. The highest BCUT2D eigenvalue weighted by atomic mass is 35.5. The summed E-state index contributed by atoms with van der Waals surface area (Å²) in [4.78, 5) is 6.59. The van der Waals surface area contributed by atoms with Crippen molar-refractivity contribution in [3.8, 4) is 0 Å². The average Bonchev–Trinajstić information content (AvgIpc) is 3.00. The predicted molar refractivity (Wildman–Crippen MR) is 84.5 cm³/mol. The summed E-state index contributed by atoms with van der Waals surface area (Å²) in [6, 6.07) is -0.0478. The number of aromatic nitrogens is 4.